The number of amides is 1. The van der Waals surface area contributed by atoms with Gasteiger partial charge in [-0.3, -0.25) is 4.79 Å². The maximum atomic E-state index is 12.8. The van der Waals surface area contributed by atoms with Crippen molar-refractivity contribution < 1.29 is 9.53 Å². The number of ether oxygens (including phenoxy) is 1. The van der Waals surface area contributed by atoms with Crippen molar-refractivity contribution in [3.63, 3.8) is 0 Å². The molecule has 24 heavy (non-hydrogen) atoms. The molecule has 1 aromatic carbocycles. The molecule has 3 heterocycles. The lowest BCUT2D eigenvalue weighted by Gasteiger charge is -2.33. The van der Waals surface area contributed by atoms with Crippen LogP contribution in [0.15, 0.2) is 55.0 Å². The fraction of sp³-hybridized carbons (Fsp3) is 0.222. The summed E-state index contributed by atoms with van der Waals surface area (Å²) in [5, 5.41) is 0.671. The smallest absolute Gasteiger partial charge is 0.255 e. The Kier molecular flexibility index (Phi) is 3.96. The first-order valence-electron chi connectivity index (χ1n) is 7.80. The monoisotopic (exact) mass is 341 g/mol. The lowest BCUT2D eigenvalue weighted by atomic mass is 10.1. The number of benzene rings is 1. The second kappa shape index (κ2) is 6.26. The molecule has 0 spiro atoms. The summed E-state index contributed by atoms with van der Waals surface area (Å²) in [6.07, 6.45) is 5.21. The highest BCUT2D eigenvalue weighted by Crippen LogP contribution is 2.25. The van der Waals surface area contributed by atoms with E-state index < -0.39 is 0 Å². The third kappa shape index (κ3) is 2.88. The summed E-state index contributed by atoms with van der Waals surface area (Å²) in [6.45, 7) is 1.61. The van der Waals surface area contributed by atoms with Crippen molar-refractivity contribution in [2.45, 2.75) is 6.10 Å². The highest BCUT2D eigenvalue weighted by atomic mass is 35.5. The fourth-order valence-electron chi connectivity index (χ4n) is 2.97. The third-order valence-corrected chi connectivity index (χ3v) is 4.44. The first-order chi connectivity index (χ1) is 11.7. The summed E-state index contributed by atoms with van der Waals surface area (Å²) >= 11 is 6.06. The number of aromatic nitrogens is 2. The first kappa shape index (κ1) is 15.2. The van der Waals surface area contributed by atoms with Gasteiger partial charge in [-0.25, -0.2) is 4.98 Å². The van der Waals surface area contributed by atoms with Crippen LogP contribution in [-0.4, -0.2) is 39.9 Å². The molecule has 0 saturated carbocycles. The topological polar surface area (TPSA) is 46.8 Å². The van der Waals surface area contributed by atoms with Crippen LogP contribution in [0.2, 0.25) is 5.02 Å². The Hall–Kier alpha value is -2.37. The zero-order valence-electron chi connectivity index (χ0n) is 12.9. The number of halogens is 1. The van der Waals surface area contributed by atoms with Crippen LogP contribution in [0.25, 0.3) is 5.65 Å². The summed E-state index contributed by atoms with van der Waals surface area (Å²) in [7, 11) is 0. The van der Waals surface area contributed by atoms with Crippen molar-refractivity contribution in [3.8, 4) is 0 Å². The van der Waals surface area contributed by atoms with Crippen molar-refractivity contribution in [2.24, 2.45) is 0 Å². The van der Waals surface area contributed by atoms with Crippen molar-refractivity contribution >= 4 is 23.2 Å². The lowest BCUT2D eigenvalue weighted by Crippen LogP contribution is -2.42. The minimum Gasteiger partial charge on any atom is -0.370 e. The Labute approximate surface area is 144 Å². The largest absolute Gasteiger partial charge is 0.370 e. The van der Waals surface area contributed by atoms with Crippen LogP contribution in [0.4, 0.5) is 0 Å². The second-order valence-corrected chi connectivity index (χ2v) is 6.21. The Morgan fingerprint density at radius 2 is 2.21 bits per heavy atom. The van der Waals surface area contributed by atoms with Crippen LogP contribution in [-0.2, 0) is 4.74 Å². The Bertz CT molecular complexity index is 893. The highest BCUT2D eigenvalue weighted by Gasteiger charge is 2.26. The van der Waals surface area contributed by atoms with Crippen LogP contribution >= 0.6 is 11.6 Å². The zero-order chi connectivity index (χ0) is 16.5. The van der Waals surface area contributed by atoms with Gasteiger partial charge in [0.05, 0.1) is 18.7 Å². The number of morpholine rings is 1. The molecule has 0 N–H and O–H groups in total. The van der Waals surface area contributed by atoms with Crippen molar-refractivity contribution in [1.82, 2.24) is 14.3 Å². The highest BCUT2D eigenvalue weighted by molar-refractivity contribution is 6.30. The quantitative estimate of drug-likeness (QED) is 0.719. The molecule has 1 unspecified atom stereocenters. The molecule has 3 aromatic rings. The molecule has 2 aromatic heterocycles. The second-order valence-electron chi connectivity index (χ2n) is 5.78. The Morgan fingerprint density at radius 3 is 3.08 bits per heavy atom. The van der Waals surface area contributed by atoms with Crippen molar-refractivity contribution in [1.29, 1.82) is 0 Å². The number of pyridine rings is 1. The van der Waals surface area contributed by atoms with Gasteiger partial charge in [-0.05, 0) is 29.8 Å². The van der Waals surface area contributed by atoms with Gasteiger partial charge < -0.3 is 14.0 Å². The predicted molar refractivity (Wildman–Crippen MR) is 91.2 cm³/mol. The number of carbonyl (C=O) groups is 1. The molecule has 1 aliphatic rings. The maximum Gasteiger partial charge on any atom is 0.255 e. The molecule has 122 valence electrons. The van der Waals surface area contributed by atoms with E-state index in [-0.39, 0.29) is 12.0 Å². The number of nitrogens with zero attached hydrogens (tertiary/aromatic N) is 3. The Morgan fingerprint density at radius 1 is 1.29 bits per heavy atom. The molecular formula is C18H16ClN3O2. The van der Waals surface area contributed by atoms with Gasteiger partial charge in [0.25, 0.3) is 5.91 Å². The number of carbonyl (C=O) groups excluding carboxylic acids is 1. The predicted octanol–water partition coefficient (Wildman–Crippen LogP) is 3.20. The van der Waals surface area contributed by atoms with Gasteiger partial charge in [-0.2, -0.15) is 0 Å². The number of imidazole rings is 1. The molecule has 5 nitrogen and oxygen atoms in total. The average Bonchev–Trinajstić information content (AvgIpc) is 3.09. The minimum atomic E-state index is -0.154. The molecule has 0 radical (unpaired) electrons. The number of rotatable bonds is 2. The first-order valence-corrected chi connectivity index (χ1v) is 8.17. The van der Waals surface area contributed by atoms with E-state index in [0.717, 1.165) is 11.2 Å². The van der Waals surface area contributed by atoms with Crippen LogP contribution in [0.1, 0.15) is 22.0 Å². The lowest BCUT2D eigenvalue weighted by molar-refractivity contribution is -0.0228. The summed E-state index contributed by atoms with van der Waals surface area (Å²) in [5.74, 6) is 0.000859. The van der Waals surface area contributed by atoms with Crippen LogP contribution in [0.5, 0.6) is 0 Å². The molecular weight excluding hydrogens is 326 g/mol. The van der Waals surface area contributed by atoms with Crippen molar-refractivity contribution in [3.05, 3.63) is 71.1 Å². The van der Waals surface area contributed by atoms with E-state index >= 15 is 0 Å². The van der Waals surface area contributed by atoms with E-state index in [1.165, 1.54) is 0 Å². The van der Waals surface area contributed by atoms with Crippen LogP contribution in [0.3, 0.4) is 0 Å². The van der Waals surface area contributed by atoms with Crippen molar-refractivity contribution in [2.75, 3.05) is 19.7 Å². The van der Waals surface area contributed by atoms with E-state index in [9.17, 15) is 4.79 Å². The van der Waals surface area contributed by atoms with Gasteiger partial charge in [0.15, 0.2) is 0 Å². The molecule has 0 aliphatic carbocycles. The summed E-state index contributed by atoms with van der Waals surface area (Å²) in [5.41, 5.74) is 2.46. The third-order valence-electron chi connectivity index (χ3n) is 4.21. The molecule has 4 rings (SSSR count). The van der Waals surface area contributed by atoms with Crippen LogP contribution < -0.4 is 0 Å². The van der Waals surface area contributed by atoms with E-state index in [1.807, 2.05) is 58.1 Å². The van der Waals surface area contributed by atoms with E-state index in [2.05, 4.69) is 4.98 Å². The van der Waals surface area contributed by atoms with Crippen LogP contribution in [0, 0.1) is 0 Å². The van der Waals surface area contributed by atoms with E-state index in [0.29, 0.717) is 30.3 Å². The molecule has 1 atom stereocenters. The van der Waals surface area contributed by atoms with Gasteiger partial charge in [-0.1, -0.05) is 23.7 Å². The molecule has 0 bridgehead atoms. The van der Waals surface area contributed by atoms with E-state index in [4.69, 9.17) is 16.3 Å². The number of hydrogen-bond acceptors (Lipinski definition) is 3. The van der Waals surface area contributed by atoms with Gasteiger partial charge in [0.2, 0.25) is 0 Å². The number of fused-ring (bicyclic) bond motifs is 1. The molecule has 6 heteroatoms. The normalized spacial score (nSPS) is 18.0. The molecule has 1 saturated heterocycles. The van der Waals surface area contributed by atoms with Gasteiger partial charge in [0, 0.05) is 30.2 Å². The standard InChI is InChI=1S/C18H16ClN3O2/c19-15-3-1-2-13(10-15)16-12-22(8-9-24-16)18(23)14-4-5-17-20-6-7-21(17)11-14/h1-7,10-11,16H,8-9,12H2. The van der Waals surface area contributed by atoms with Gasteiger partial charge in [0.1, 0.15) is 11.8 Å². The zero-order valence-corrected chi connectivity index (χ0v) is 13.7. The summed E-state index contributed by atoms with van der Waals surface area (Å²) in [4.78, 5) is 18.8. The van der Waals surface area contributed by atoms with E-state index in [1.54, 1.807) is 6.20 Å². The Balaban J connectivity index is 1.55. The SMILES string of the molecule is O=C(c1ccc2nccn2c1)N1CCOC(c2cccc(Cl)c2)C1. The summed E-state index contributed by atoms with van der Waals surface area (Å²) in [6, 6.07) is 11.3. The molecule has 1 fully saturated rings. The maximum absolute atomic E-state index is 12.8. The van der Waals surface area contributed by atoms with Gasteiger partial charge in [-0.15, -0.1) is 0 Å². The minimum absolute atomic E-state index is 0.000859. The van der Waals surface area contributed by atoms with Gasteiger partial charge >= 0.3 is 0 Å². The average molecular weight is 342 g/mol. The fourth-order valence-corrected chi connectivity index (χ4v) is 3.17. The molecule has 1 aliphatic heterocycles. The number of hydrogen-bond donors (Lipinski definition) is 0. The molecule has 1 amide bonds. The summed E-state index contributed by atoms with van der Waals surface area (Å²) < 4.78 is 7.67.